The van der Waals surface area contributed by atoms with Crippen LogP contribution in [-0.4, -0.2) is 26.2 Å². The molecule has 0 atom stereocenters. The van der Waals surface area contributed by atoms with Crippen molar-refractivity contribution in [3.8, 4) is 0 Å². The second-order valence-corrected chi connectivity index (χ2v) is 8.67. The van der Waals surface area contributed by atoms with Crippen LogP contribution in [-0.2, 0) is 4.74 Å². The quantitative estimate of drug-likeness (QED) is 0.337. The molecule has 0 aliphatic carbocycles. The van der Waals surface area contributed by atoms with E-state index in [9.17, 15) is 14.0 Å². The van der Waals surface area contributed by atoms with Gasteiger partial charge in [0.1, 0.15) is 17.2 Å². The second-order valence-electron chi connectivity index (χ2n) is 8.67. The molecule has 3 aromatic heterocycles. The molecule has 0 spiro atoms. The molecule has 0 bridgehead atoms. The molecule has 0 saturated heterocycles. The minimum atomic E-state index is -0.711. The smallest absolute Gasteiger partial charge is 0.421 e. The van der Waals surface area contributed by atoms with Gasteiger partial charge in [-0.15, -0.1) is 0 Å². The Bertz CT molecular complexity index is 1570. The highest BCUT2D eigenvalue weighted by Crippen LogP contribution is 2.31. The zero-order chi connectivity index (χ0) is 22.6. The number of ether oxygens (including phenoxy) is 1. The third-order valence-electron chi connectivity index (χ3n) is 5.13. The molecule has 5 aromatic rings. The van der Waals surface area contributed by atoms with E-state index >= 15 is 0 Å². The van der Waals surface area contributed by atoms with Crippen molar-refractivity contribution in [2.75, 3.05) is 5.32 Å². The molecule has 0 fully saturated rings. The summed E-state index contributed by atoms with van der Waals surface area (Å²) in [5, 5.41) is 6.10. The number of rotatable bonds is 2. The Morgan fingerprint density at radius 1 is 1.12 bits per heavy atom. The number of carbonyl (C=O) groups is 1. The van der Waals surface area contributed by atoms with Gasteiger partial charge in [-0.2, -0.15) is 0 Å². The highest BCUT2D eigenvalue weighted by molar-refractivity contribution is 6.17. The third kappa shape index (κ3) is 3.39. The number of halogens is 1. The molecular weight excluding hydrogens is 411 g/mol. The Labute approximate surface area is 181 Å². The summed E-state index contributed by atoms with van der Waals surface area (Å²) in [6, 6.07) is 11.8. The lowest BCUT2D eigenvalue weighted by Gasteiger charge is -2.18. The minimum Gasteiger partial charge on any atom is -0.443 e. The molecule has 2 aromatic carbocycles. The predicted molar refractivity (Wildman–Crippen MR) is 123 cm³/mol. The summed E-state index contributed by atoms with van der Waals surface area (Å²) in [5.41, 5.74) is 0.799. The van der Waals surface area contributed by atoms with Crippen LogP contribution < -0.4 is 10.9 Å². The standard InChI is InChI=1S/C24H21FN4O3/c1-24(2,3)32-23(31)29-12-18-20(22(29)30)16-8-7-13-11-26-19(10-17(13)21(16)28-18)27-15-6-4-5-14(25)9-15/h4-12,26-28H,1-3H3. The van der Waals surface area contributed by atoms with E-state index in [0.717, 1.165) is 20.9 Å². The number of hydrogen-bond acceptors (Lipinski definition) is 4. The van der Waals surface area contributed by atoms with Gasteiger partial charge in [0.15, 0.2) is 0 Å². The molecule has 32 heavy (non-hydrogen) atoms. The van der Waals surface area contributed by atoms with Crippen LogP contribution in [0.3, 0.4) is 0 Å². The number of nitrogens with one attached hydrogen (secondary N) is 3. The number of nitrogens with zero attached hydrogens (tertiary/aromatic N) is 1. The maximum Gasteiger partial charge on any atom is 0.421 e. The van der Waals surface area contributed by atoms with Gasteiger partial charge in [-0.3, -0.25) is 4.79 Å². The van der Waals surface area contributed by atoms with Crippen LogP contribution in [0.25, 0.3) is 32.6 Å². The first-order chi connectivity index (χ1) is 15.2. The van der Waals surface area contributed by atoms with Crippen LogP contribution in [0.2, 0.25) is 0 Å². The number of aromatic nitrogens is 3. The number of anilines is 2. The Morgan fingerprint density at radius 3 is 2.69 bits per heavy atom. The molecule has 7 nitrogen and oxygen atoms in total. The maximum absolute atomic E-state index is 13.5. The number of benzene rings is 2. The van der Waals surface area contributed by atoms with E-state index in [2.05, 4.69) is 15.3 Å². The topological polar surface area (TPSA) is 91.9 Å². The first kappa shape index (κ1) is 19.9. The molecule has 0 aliphatic heterocycles. The fourth-order valence-electron chi connectivity index (χ4n) is 3.82. The first-order valence-corrected chi connectivity index (χ1v) is 10.1. The van der Waals surface area contributed by atoms with Crippen molar-refractivity contribution < 1.29 is 13.9 Å². The molecule has 0 aliphatic rings. The molecule has 8 heteroatoms. The minimum absolute atomic E-state index is 0.331. The summed E-state index contributed by atoms with van der Waals surface area (Å²) in [4.78, 5) is 31.8. The summed E-state index contributed by atoms with van der Waals surface area (Å²) in [6.45, 7) is 5.25. The van der Waals surface area contributed by atoms with Gasteiger partial charge in [0.05, 0.1) is 16.4 Å². The van der Waals surface area contributed by atoms with Crippen molar-refractivity contribution in [3.05, 3.63) is 71.0 Å². The zero-order valence-corrected chi connectivity index (χ0v) is 17.7. The fraction of sp³-hybridized carbons (Fsp3) is 0.167. The van der Waals surface area contributed by atoms with Crippen LogP contribution in [0.4, 0.5) is 20.7 Å². The van der Waals surface area contributed by atoms with Crippen LogP contribution in [0.15, 0.2) is 59.7 Å². The van der Waals surface area contributed by atoms with Gasteiger partial charge in [-0.25, -0.2) is 13.8 Å². The summed E-state index contributed by atoms with van der Waals surface area (Å²) < 4.78 is 19.8. The third-order valence-corrected chi connectivity index (χ3v) is 5.13. The van der Waals surface area contributed by atoms with E-state index in [1.807, 2.05) is 24.4 Å². The first-order valence-electron chi connectivity index (χ1n) is 10.1. The summed E-state index contributed by atoms with van der Waals surface area (Å²) in [6.07, 6.45) is 2.59. The van der Waals surface area contributed by atoms with E-state index < -0.39 is 17.3 Å². The average molecular weight is 432 g/mol. The summed E-state index contributed by atoms with van der Waals surface area (Å²) in [5.74, 6) is 0.332. The summed E-state index contributed by atoms with van der Waals surface area (Å²) in [7, 11) is 0. The zero-order valence-electron chi connectivity index (χ0n) is 17.7. The molecule has 3 heterocycles. The molecule has 0 radical (unpaired) electrons. The van der Waals surface area contributed by atoms with Crippen LogP contribution >= 0.6 is 0 Å². The van der Waals surface area contributed by atoms with Crippen molar-refractivity contribution in [3.63, 3.8) is 0 Å². The van der Waals surface area contributed by atoms with Gasteiger partial charge < -0.3 is 20.0 Å². The van der Waals surface area contributed by atoms with Crippen molar-refractivity contribution >= 4 is 50.2 Å². The van der Waals surface area contributed by atoms with E-state index in [-0.39, 0.29) is 5.82 Å². The van der Waals surface area contributed by atoms with Gasteiger partial charge in [0.2, 0.25) is 0 Å². The number of aromatic amines is 2. The van der Waals surface area contributed by atoms with Gasteiger partial charge in [-0.1, -0.05) is 18.2 Å². The Kier molecular flexibility index (Phi) is 4.33. The van der Waals surface area contributed by atoms with E-state index in [1.54, 1.807) is 32.9 Å². The van der Waals surface area contributed by atoms with Gasteiger partial charge in [-0.05, 0) is 50.4 Å². The molecule has 3 N–H and O–H groups in total. The van der Waals surface area contributed by atoms with Crippen molar-refractivity contribution in [1.29, 1.82) is 0 Å². The molecule has 0 amide bonds. The molecular formula is C24H21FN4O3. The number of fused-ring (bicyclic) bond motifs is 5. The largest absolute Gasteiger partial charge is 0.443 e. The number of pyridine rings is 1. The van der Waals surface area contributed by atoms with Gasteiger partial charge in [0, 0.05) is 28.9 Å². The Balaban J connectivity index is 1.62. The molecule has 0 saturated carbocycles. The highest BCUT2D eigenvalue weighted by Gasteiger charge is 2.22. The SMILES string of the molecule is CC(C)(C)OC(=O)n1cc2[nH]c3c4cc(Nc5cccc(F)c5)[nH]cc4ccc3c2c1=O. The van der Waals surface area contributed by atoms with Gasteiger partial charge in [0.25, 0.3) is 5.56 Å². The van der Waals surface area contributed by atoms with Crippen molar-refractivity contribution in [1.82, 2.24) is 14.5 Å². The van der Waals surface area contributed by atoms with Crippen LogP contribution in [0.5, 0.6) is 0 Å². The second kappa shape index (κ2) is 6.98. The Hall–Kier alpha value is -4.07. The number of carbonyl (C=O) groups excluding carboxylic acids is 1. The molecule has 162 valence electrons. The predicted octanol–water partition coefficient (Wildman–Crippen LogP) is 5.63. The highest BCUT2D eigenvalue weighted by atomic mass is 19.1. The van der Waals surface area contributed by atoms with Crippen molar-refractivity contribution in [2.24, 2.45) is 0 Å². The number of H-pyrrole nitrogens is 2. The number of hydrogen-bond donors (Lipinski definition) is 3. The maximum atomic E-state index is 13.5. The molecule has 5 rings (SSSR count). The lowest BCUT2D eigenvalue weighted by Crippen LogP contribution is -2.31. The van der Waals surface area contributed by atoms with Gasteiger partial charge >= 0.3 is 6.09 Å². The van der Waals surface area contributed by atoms with Crippen LogP contribution in [0.1, 0.15) is 20.8 Å². The average Bonchev–Trinajstić information content (AvgIpc) is 3.24. The fourth-order valence-corrected chi connectivity index (χ4v) is 3.82. The van der Waals surface area contributed by atoms with E-state index in [1.165, 1.54) is 18.3 Å². The summed E-state index contributed by atoms with van der Waals surface area (Å²) >= 11 is 0. The lowest BCUT2D eigenvalue weighted by atomic mass is 10.1. The Morgan fingerprint density at radius 2 is 1.94 bits per heavy atom. The van der Waals surface area contributed by atoms with E-state index in [4.69, 9.17) is 4.74 Å². The van der Waals surface area contributed by atoms with Crippen molar-refractivity contribution in [2.45, 2.75) is 26.4 Å². The molecule has 0 unspecified atom stereocenters. The monoisotopic (exact) mass is 432 g/mol. The van der Waals surface area contributed by atoms with Crippen LogP contribution in [0, 0.1) is 5.82 Å². The normalized spacial score (nSPS) is 12.0. The van der Waals surface area contributed by atoms with E-state index in [0.29, 0.717) is 27.8 Å². The lowest BCUT2D eigenvalue weighted by molar-refractivity contribution is 0.0533.